The number of halogens is 2. The van der Waals surface area contributed by atoms with Gasteiger partial charge in [-0.25, -0.2) is 0 Å². The minimum absolute atomic E-state index is 0.0572. The monoisotopic (exact) mass is 399 g/mol. The summed E-state index contributed by atoms with van der Waals surface area (Å²) < 4.78 is 5.63. The fraction of sp³-hybridized carbons (Fsp3) is 0.182. The Kier molecular flexibility index (Phi) is 5.37. The highest BCUT2D eigenvalue weighted by Crippen LogP contribution is 2.42. The van der Waals surface area contributed by atoms with Gasteiger partial charge >= 0.3 is 0 Å². The van der Waals surface area contributed by atoms with Gasteiger partial charge in [-0.2, -0.15) is 0 Å². The van der Waals surface area contributed by atoms with Gasteiger partial charge in [-0.15, -0.1) is 0 Å². The zero-order valence-corrected chi connectivity index (χ0v) is 16.0. The van der Waals surface area contributed by atoms with E-state index in [4.69, 9.17) is 27.9 Å². The van der Waals surface area contributed by atoms with Crippen molar-refractivity contribution in [2.45, 2.75) is 12.1 Å². The number of nitrogens with one attached hydrogen (secondary N) is 1. The molecule has 2 N–H and O–H groups in total. The number of hydrogen-bond acceptors (Lipinski definition) is 3. The van der Waals surface area contributed by atoms with Crippen LogP contribution in [0.4, 0.5) is 0 Å². The standard InChI is InChI=1S/C22H19Cl2NO2/c23-14-9-10-20(24)21(11-14)27-13-15(26)12-25-22-18-7-3-1-5-16(18)17-6-2-4-8-19(17)22/h1-11,15,22,25-26H,12-13H2. The van der Waals surface area contributed by atoms with Crippen LogP contribution < -0.4 is 10.1 Å². The van der Waals surface area contributed by atoms with E-state index in [1.54, 1.807) is 18.2 Å². The van der Waals surface area contributed by atoms with Gasteiger partial charge in [0, 0.05) is 17.6 Å². The molecule has 3 aromatic rings. The van der Waals surface area contributed by atoms with Crippen LogP contribution in [0.1, 0.15) is 17.2 Å². The van der Waals surface area contributed by atoms with E-state index in [1.165, 1.54) is 22.3 Å². The molecule has 0 spiro atoms. The quantitative estimate of drug-likeness (QED) is 0.606. The van der Waals surface area contributed by atoms with Gasteiger partial charge in [0.1, 0.15) is 18.5 Å². The van der Waals surface area contributed by atoms with Crippen molar-refractivity contribution in [1.29, 1.82) is 0 Å². The average Bonchev–Trinajstić information content (AvgIpc) is 3.01. The molecule has 4 rings (SSSR count). The van der Waals surface area contributed by atoms with Crippen LogP contribution in [0.2, 0.25) is 10.0 Å². The smallest absolute Gasteiger partial charge is 0.139 e. The van der Waals surface area contributed by atoms with Crippen LogP contribution in [-0.2, 0) is 0 Å². The van der Waals surface area contributed by atoms with Gasteiger partial charge in [0.15, 0.2) is 0 Å². The first-order valence-electron chi connectivity index (χ1n) is 8.81. The van der Waals surface area contributed by atoms with E-state index in [1.807, 2.05) is 12.1 Å². The van der Waals surface area contributed by atoms with E-state index in [9.17, 15) is 5.11 Å². The molecule has 0 aliphatic heterocycles. The SMILES string of the molecule is OC(CNC1c2ccccc2-c2ccccc21)COc1cc(Cl)ccc1Cl. The van der Waals surface area contributed by atoms with Gasteiger partial charge in [0.2, 0.25) is 0 Å². The maximum absolute atomic E-state index is 10.4. The molecule has 0 saturated carbocycles. The molecule has 5 heteroatoms. The van der Waals surface area contributed by atoms with Gasteiger partial charge in [-0.1, -0.05) is 71.7 Å². The first kappa shape index (κ1) is 18.3. The van der Waals surface area contributed by atoms with Crippen molar-refractivity contribution in [1.82, 2.24) is 5.32 Å². The molecule has 0 amide bonds. The fourth-order valence-electron chi connectivity index (χ4n) is 3.46. The maximum Gasteiger partial charge on any atom is 0.139 e. The van der Waals surface area contributed by atoms with Crippen LogP contribution in [0, 0.1) is 0 Å². The number of benzene rings is 3. The van der Waals surface area contributed by atoms with Crippen molar-refractivity contribution in [2.24, 2.45) is 0 Å². The molecule has 3 nitrogen and oxygen atoms in total. The molecule has 1 unspecified atom stereocenters. The molecule has 138 valence electrons. The number of aliphatic hydroxyl groups excluding tert-OH is 1. The van der Waals surface area contributed by atoms with Gasteiger partial charge in [0.25, 0.3) is 0 Å². The van der Waals surface area contributed by atoms with E-state index in [2.05, 4.69) is 41.7 Å². The summed E-state index contributed by atoms with van der Waals surface area (Å²) in [7, 11) is 0. The maximum atomic E-state index is 10.4. The third-order valence-electron chi connectivity index (χ3n) is 4.72. The summed E-state index contributed by atoms with van der Waals surface area (Å²) in [4.78, 5) is 0. The van der Waals surface area contributed by atoms with Gasteiger partial charge in [0.05, 0.1) is 11.1 Å². The Morgan fingerprint density at radius 1 is 0.926 bits per heavy atom. The second-order valence-electron chi connectivity index (χ2n) is 6.56. The van der Waals surface area contributed by atoms with Crippen LogP contribution in [0.5, 0.6) is 5.75 Å². The lowest BCUT2D eigenvalue weighted by Gasteiger charge is -2.19. The predicted octanol–water partition coefficient (Wildman–Crippen LogP) is 5.09. The van der Waals surface area contributed by atoms with Gasteiger partial charge in [-0.3, -0.25) is 0 Å². The molecule has 27 heavy (non-hydrogen) atoms. The Hall–Kier alpha value is -2.04. The molecular weight excluding hydrogens is 381 g/mol. The Bertz CT molecular complexity index is 915. The van der Waals surface area contributed by atoms with Crippen LogP contribution >= 0.6 is 23.2 Å². The molecule has 3 aromatic carbocycles. The molecule has 0 bridgehead atoms. The van der Waals surface area contributed by atoms with E-state index in [0.717, 1.165) is 0 Å². The molecule has 0 aromatic heterocycles. The largest absolute Gasteiger partial charge is 0.489 e. The molecule has 1 aliphatic carbocycles. The molecule has 0 saturated heterocycles. The van der Waals surface area contributed by atoms with Crippen LogP contribution in [0.25, 0.3) is 11.1 Å². The highest BCUT2D eigenvalue weighted by molar-refractivity contribution is 6.34. The van der Waals surface area contributed by atoms with Crippen LogP contribution in [-0.4, -0.2) is 24.4 Å². The third kappa shape index (κ3) is 3.83. The summed E-state index contributed by atoms with van der Waals surface area (Å²) in [5.74, 6) is 0.472. The highest BCUT2D eigenvalue weighted by Gasteiger charge is 2.27. The predicted molar refractivity (Wildman–Crippen MR) is 110 cm³/mol. The summed E-state index contributed by atoms with van der Waals surface area (Å²) in [6, 6.07) is 21.8. The number of fused-ring (bicyclic) bond motifs is 3. The molecule has 0 radical (unpaired) electrons. The van der Waals surface area contributed by atoms with Crippen molar-refractivity contribution < 1.29 is 9.84 Å². The van der Waals surface area contributed by atoms with Crippen LogP contribution in [0.15, 0.2) is 66.7 Å². The summed E-state index contributed by atoms with van der Waals surface area (Å²) in [6.45, 7) is 0.522. The lowest BCUT2D eigenvalue weighted by Crippen LogP contribution is -2.33. The number of aliphatic hydroxyl groups is 1. The Balaban J connectivity index is 1.42. The van der Waals surface area contributed by atoms with Crippen molar-refractivity contribution in [3.05, 3.63) is 87.9 Å². The molecule has 0 fully saturated rings. The minimum Gasteiger partial charge on any atom is -0.489 e. The van der Waals surface area contributed by atoms with Crippen molar-refractivity contribution >= 4 is 23.2 Å². The topological polar surface area (TPSA) is 41.5 Å². The number of hydrogen-bond donors (Lipinski definition) is 2. The number of ether oxygens (including phenoxy) is 1. The second kappa shape index (κ2) is 7.91. The van der Waals surface area contributed by atoms with E-state index in [0.29, 0.717) is 22.3 Å². The Labute approximate surface area is 168 Å². The zero-order valence-electron chi connectivity index (χ0n) is 14.5. The van der Waals surface area contributed by atoms with E-state index < -0.39 is 6.10 Å². The normalized spacial score (nSPS) is 13.9. The molecular formula is C22H19Cl2NO2. The summed E-state index contributed by atoms with van der Waals surface area (Å²) >= 11 is 12.1. The minimum atomic E-state index is -0.681. The van der Waals surface area contributed by atoms with Gasteiger partial charge < -0.3 is 15.2 Å². The Morgan fingerprint density at radius 3 is 2.22 bits per heavy atom. The third-order valence-corrected chi connectivity index (χ3v) is 5.26. The fourth-order valence-corrected chi connectivity index (χ4v) is 3.80. The van der Waals surface area contributed by atoms with E-state index >= 15 is 0 Å². The Morgan fingerprint density at radius 2 is 1.56 bits per heavy atom. The summed E-state index contributed by atoms with van der Waals surface area (Å²) in [5, 5.41) is 14.8. The van der Waals surface area contributed by atoms with E-state index in [-0.39, 0.29) is 12.6 Å². The molecule has 0 heterocycles. The average molecular weight is 400 g/mol. The van der Waals surface area contributed by atoms with Crippen LogP contribution in [0.3, 0.4) is 0 Å². The zero-order chi connectivity index (χ0) is 18.8. The molecule has 1 aliphatic rings. The highest BCUT2D eigenvalue weighted by atomic mass is 35.5. The lowest BCUT2D eigenvalue weighted by molar-refractivity contribution is 0.105. The number of rotatable bonds is 6. The first-order chi connectivity index (χ1) is 13.1. The van der Waals surface area contributed by atoms with Crippen molar-refractivity contribution in [3.63, 3.8) is 0 Å². The van der Waals surface area contributed by atoms with Crippen molar-refractivity contribution in [2.75, 3.05) is 13.2 Å². The summed E-state index contributed by atoms with van der Waals surface area (Å²) in [6.07, 6.45) is -0.681. The first-order valence-corrected chi connectivity index (χ1v) is 9.56. The van der Waals surface area contributed by atoms with Crippen molar-refractivity contribution in [3.8, 4) is 16.9 Å². The summed E-state index contributed by atoms with van der Waals surface area (Å²) in [5.41, 5.74) is 4.93. The van der Waals surface area contributed by atoms with Gasteiger partial charge in [-0.05, 0) is 34.4 Å². The lowest BCUT2D eigenvalue weighted by atomic mass is 10.1. The second-order valence-corrected chi connectivity index (χ2v) is 7.40. The molecule has 1 atom stereocenters.